The van der Waals surface area contributed by atoms with Crippen LogP contribution in [0.4, 0.5) is 0 Å². The fourth-order valence-corrected chi connectivity index (χ4v) is 4.42. The highest BCUT2D eigenvalue weighted by Gasteiger charge is 2.37. The summed E-state index contributed by atoms with van der Waals surface area (Å²) in [5.74, 6) is 0.683. The number of rotatable bonds is 5. The number of hydrogen-bond acceptors (Lipinski definition) is 4. The standard InChI is InChI=1S/C24H25ClN2O3/c1-16-7-8-21(29-2)19(13-16)24(9-11-30-12-10-24)15-26-23(28)18-14-22(25)27-20-6-4-3-5-17(18)20/h3-8,13-14H,9-12,15H2,1-2H3,(H,26,28). The quantitative estimate of drug-likeness (QED) is 0.604. The molecule has 30 heavy (non-hydrogen) atoms. The van der Waals surface area contributed by atoms with E-state index in [-0.39, 0.29) is 11.3 Å². The number of nitrogens with one attached hydrogen (secondary N) is 1. The largest absolute Gasteiger partial charge is 0.496 e. The van der Waals surface area contributed by atoms with Crippen LogP contribution < -0.4 is 10.1 Å². The molecule has 2 heterocycles. The van der Waals surface area contributed by atoms with Crippen LogP contribution in [0.5, 0.6) is 5.75 Å². The van der Waals surface area contributed by atoms with Gasteiger partial charge in [-0.05, 0) is 38.0 Å². The summed E-state index contributed by atoms with van der Waals surface area (Å²) in [6, 6.07) is 15.4. The van der Waals surface area contributed by atoms with Crippen LogP contribution in [0.25, 0.3) is 10.9 Å². The summed E-state index contributed by atoms with van der Waals surface area (Å²) in [7, 11) is 1.69. The maximum absolute atomic E-state index is 13.2. The molecule has 3 aromatic rings. The lowest BCUT2D eigenvalue weighted by atomic mass is 9.73. The molecule has 0 atom stereocenters. The fraction of sp³-hybridized carbons (Fsp3) is 0.333. The number of aromatic nitrogens is 1. The third-order valence-corrected chi connectivity index (χ3v) is 6.09. The predicted octanol–water partition coefficient (Wildman–Crippen LogP) is 4.68. The van der Waals surface area contributed by atoms with Crippen molar-refractivity contribution in [3.8, 4) is 5.75 Å². The van der Waals surface area contributed by atoms with E-state index in [9.17, 15) is 4.79 Å². The molecule has 1 aliphatic rings. The van der Waals surface area contributed by atoms with Gasteiger partial charge in [-0.1, -0.05) is 47.5 Å². The smallest absolute Gasteiger partial charge is 0.252 e. The Labute approximate surface area is 181 Å². The molecule has 1 saturated heterocycles. The molecule has 1 N–H and O–H groups in total. The van der Waals surface area contributed by atoms with Gasteiger partial charge in [-0.3, -0.25) is 4.79 Å². The number of aryl methyl sites for hydroxylation is 1. The van der Waals surface area contributed by atoms with E-state index in [2.05, 4.69) is 23.3 Å². The normalized spacial score (nSPS) is 15.7. The van der Waals surface area contributed by atoms with Gasteiger partial charge in [0.2, 0.25) is 0 Å². The topological polar surface area (TPSA) is 60.5 Å². The molecule has 1 fully saturated rings. The summed E-state index contributed by atoms with van der Waals surface area (Å²) in [5, 5.41) is 4.25. The number of fused-ring (bicyclic) bond motifs is 1. The Morgan fingerprint density at radius 3 is 2.73 bits per heavy atom. The van der Waals surface area contributed by atoms with E-state index in [1.807, 2.05) is 36.4 Å². The molecule has 0 saturated carbocycles. The molecule has 1 amide bonds. The van der Waals surface area contributed by atoms with Gasteiger partial charge in [0.1, 0.15) is 10.9 Å². The van der Waals surface area contributed by atoms with Gasteiger partial charge in [0.25, 0.3) is 5.91 Å². The average Bonchev–Trinajstić information content (AvgIpc) is 2.77. The lowest BCUT2D eigenvalue weighted by Gasteiger charge is -2.39. The van der Waals surface area contributed by atoms with Crippen molar-refractivity contribution in [3.63, 3.8) is 0 Å². The van der Waals surface area contributed by atoms with Crippen LogP contribution in [0.1, 0.15) is 34.3 Å². The summed E-state index contributed by atoms with van der Waals surface area (Å²) in [6.45, 7) is 3.86. The molecule has 0 aliphatic carbocycles. The number of halogens is 1. The molecular weight excluding hydrogens is 400 g/mol. The van der Waals surface area contributed by atoms with Crippen LogP contribution in [-0.4, -0.2) is 37.8 Å². The highest BCUT2D eigenvalue weighted by atomic mass is 35.5. The second kappa shape index (κ2) is 8.62. The molecule has 1 aliphatic heterocycles. The van der Waals surface area contributed by atoms with E-state index in [0.29, 0.717) is 36.0 Å². The van der Waals surface area contributed by atoms with Crippen molar-refractivity contribution in [2.24, 2.45) is 0 Å². The summed E-state index contributed by atoms with van der Waals surface area (Å²) >= 11 is 6.17. The van der Waals surface area contributed by atoms with Crippen molar-refractivity contribution < 1.29 is 14.3 Å². The van der Waals surface area contributed by atoms with Crippen LogP contribution in [0, 0.1) is 6.92 Å². The Bertz CT molecular complexity index is 1080. The third kappa shape index (κ3) is 4.00. The number of para-hydroxylation sites is 1. The van der Waals surface area contributed by atoms with Gasteiger partial charge in [0, 0.05) is 36.1 Å². The number of amides is 1. The number of carbonyl (C=O) groups is 1. The molecule has 2 aromatic carbocycles. The number of hydrogen-bond donors (Lipinski definition) is 1. The van der Waals surface area contributed by atoms with Gasteiger partial charge in [-0.25, -0.2) is 4.98 Å². The van der Waals surface area contributed by atoms with Crippen LogP contribution in [0.2, 0.25) is 5.15 Å². The minimum Gasteiger partial charge on any atom is -0.496 e. The zero-order valence-corrected chi connectivity index (χ0v) is 18.0. The van der Waals surface area contributed by atoms with Crippen molar-refractivity contribution in [2.45, 2.75) is 25.2 Å². The molecule has 0 bridgehead atoms. The van der Waals surface area contributed by atoms with Crippen molar-refractivity contribution in [1.82, 2.24) is 10.3 Å². The van der Waals surface area contributed by atoms with Crippen LogP contribution in [0.3, 0.4) is 0 Å². The van der Waals surface area contributed by atoms with E-state index in [1.165, 1.54) is 0 Å². The Balaban J connectivity index is 1.66. The van der Waals surface area contributed by atoms with Crippen molar-refractivity contribution in [1.29, 1.82) is 0 Å². The van der Waals surface area contributed by atoms with Gasteiger partial charge < -0.3 is 14.8 Å². The maximum Gasteiger partial charge on any atom is 0.252 e. The van der Waals surface area contributed by atoms with Crippen LogP contribution >= 0.6 is 11.6 Å². The zero-order valence-electron chi connectivity index (χ0n) is 17.2. The Morgan fingerprint density at radius 2 is 1.97 bits per heavy atom. The third-order valence-electron chi connectivity index (χ3n) is 5.89. The number of benzene rings is 2. The summed E-state index contributed by atoms with van der Waals surface area (Å²) in [6.07, 6.45) is 1.62. The number of carbonyl (C=O) groups excluding carboxylic acids is 1. The van der Waals surface area contributed by atoms with Crippen molar-refractivity contribution in [2.75, 3.05) is 26.9 Å². The number of methoxy groups -OCH3 is 1. The fourth-order valence-electron chi connectivity index (χ4n) is 4.22. The minimum atomic E-state index is -0.252. The molecule has 0 spiro atoms. The maximum atomic E-state index is 13.2. The van der Waals surface area contributed by atoms with E-state index < -0.39 is 0 Å². The van der Waals surface area contributed by atoms with Crippen molar-refractivity contribution in [3.05, 3.63) is 70.4 Å². The molecule has 0 unspecified atom stereocenters. The van der Waals surface area contributed by atoms with Gasteiger partial charge >= 0.3 is 0 Å². The van der Waals surface area contributed by atoms with Crippen molar-refractivity contribution >= 4 is 28.4 Å². The first-order valence-electron chi connectivity index (χ1n) is 10.1. The average molecular weight is 425 g/mol. The van der Waals surface area contributed by atoms with Gasteiger partial charge in [-0.2, -0.15) is 0 Å². The first-order chi connectivity index (χ1) is 14.5. The van der Waals surface area contributed by atoms with Gasteiger partial charge in [0.15, 0.2) is 0 Å². The molecule has 6 heteroatoms. The Hall–Kier alpha value is -2.63. The molecule has 1 aromatic heterocycles. The summed E-state index contributed by atoms with van der Waals surface area (Å²) in [4.78, 5) is 17.5. The minimum absolute atomic E-state index is 0.159. The lowest BCUT2D eigenvalue weighted by molar-refractivity contribution is 0.0479. The molecule has 4 rings (SSSR count). The van der Waals surface area contributed by atoms with Crippen LogP contribution in [-0.2, 0) is 10.2 Å². The monoisotopic (exact) mass is 424 g/mol. The highest BCUT2D eigenvalue weighted by molar-refractivity contribution is 6.30. The van der Waals surface area contributed by atoms with E-state index in [4.69, 9.17) is 21.1 Å². The number of nitrogens with zero attached hydrogens (tertiary/aromatic N) is 1. The molecule has 5 nitrogen and oxygen atoms in total. The first kappa shape index (κ1) is 20.6. The second-order valence-electron chi connectivity index (χ2n) is 7.79. The Kier molecular flexibility index (Phi) is 5.93. The molecule has 156 valence electrons. The zero-order chi connectivity index (χ0) is 21.1. The summed E-state index contributed by atoms with van der Waals surface area (Å²) in [5.41, 5.74) is 3.26. The lowest BCUT2D eigenvalue weighted by Crippen LogP contribution is -2.45. The van der Waals surface area contributed by atoms with Gasteiger partial charge in [0.05, 0.1) is 18.2 Å². The SMILES string of the molecule is COc1ccc(C)cc1C1(CNC(=O)c2cc(Cl)nc3ccccc23)CCOCC1. The number of ether oxygens (including phenoxy) is 2. The summed E-state index contributed by atoms with van der Waals surface area (Å²) < 4.78 is 11.3. The highest BCUT2D eigenvalue weighted by Crippen LogP contribution is 2.40. The van der Waals surface area contributed by atoms with E-state index in [1.54, 1.807) is 13.2 Å². The first-order valence-corrected chi connectivity index (χ1v) is 10.5. The Morgan fingerprint density at radius 1 is 1.20 bits per heavy atom. The predicted molar refractivity (Wildman–Crippen MR) is 119 cm³/mol. The number of pyridine rings is 1. The van der Waals surface area contributed by atoms with Gasteiger partial charge in [-0.15, -0.1) is 0 Å². The van der Waals surface area contributed by atoms with Crippen LogP contribution in [0.15, 0.2) is 48.5 Å². The van der Waals surface area contributed by atoms with E-state index in [0.717, 1.165) is 35.1 Å². The molecular formula is C24H25ClN2O3. The second-order valence-corrected chi connectivity index (χ2v) is 8.18. The molecule has 0 radical (unpaired) electrons. The van der Waals surface area contributed by atoms with E-state index >= 15 is 0 Å².